The second-order valence-corrected chi connectivity index (χ2v) is 7.01. The first-order chi connectivity index (χ1) is 14.2. The van der Waals surface area contributed by atoms with Crippen LogP contribution in [0.25, 0.3) is 16.8 Å². The summed E-state index contributed by atoms with van der Waals surface area (Å²) in [6.45, 7) is 7.19. The monoisotopic (exact) mass is 407 g/mol. The Bertz CT molecular complexity index is 1110. The lowest BCUT2D eigenvalue weighted by Gasteiger charge is -2.19. The zero-order valence-electron chi connectivity index (χ0n) is 16.4. The number of hydrogen-bond acceptors (Lipinski definition) is 5. The summed E-state index contributed by atoms with van der Waals surface area (Å²) in [4.78, 5) is 2.36. The van der Waals surface area contributed by atoms with Gasteiger partial charge in [0, 0.05) is 18.2 Å². The maximum atomic E-state index is 6.22. The average molecular weight is 408 g/mol. The molecular weight excluding hydrogens is 386 g/mol. The molecule has 2 aromatic heterocycles. The Hall–Kier alpha value is -2.96. The molecule has 29 heavy (non-hydrogen) atoms. The molecule has 0 saturated heterocycles. The van der Waals surface area contributed by atoms with Crippen LogP contribution >= 0.6 is 11.6 Å². The third kappa shape index (κ3) is 4.23. The first kappa shape index (κ1) is 19.4. The van der Waals surface area contributed by atoms with Crippen LogP contribution in [0.2, 0.25) is 5.28 Å². The Morgan fingerprint density at radius 1 is 0.966 bits per heavy atom. The fourth-order valence-electron chi connectivity index (χ4n) is 3.22. The molecule has 6 nitrogen and oxygen atoms in total. The van der Waals surface area contributed by atoms with E-state index in [1.807, 2.05) is 18.2 Å². The van der Waals surface area contributed by atoms with Crippen LogP contribution in [0.3, 0.4) is 0 Å². The molecule has 0 N–H and O–H groups in total. The molecular formula is C22H22ClN5O. The summed E-state index contributed by atoms with van der Waals surface area (Å²) in [5.74, 6) is 1.17. The quantitative estimate of drug-likeness (QED) is 0.427. The van der Waals surface area contributed by atoms with Crippen LogP contribution in [0, 0.1) is 0 Å². The van der Waals surface area contributed by atoms with E-state index in [2.05, 4.69) is 64.4 Å². The maximum absolute atomic E-state index is 6.22. The minimum atomic E-state index is 0.198. The highest BCUT2D eigenvalue weighted by molar-refractivity contribution is 6.28. The van der Waals surface area contributed by atoms with Crippen LogP contribution in [0.4, 0.5) is 0 Å². The Kier molecular flexibility index (Phi) is 5.74. The van der Waals surface area contributed by atoms with Gasteiger partial charge in [-0.25, -0.2) is 0 Å². The molecule has 148 valence electrons. The summed E-state index contributed by atoms with van der Waals surface area (Å²) in [5, 5.41) is 12.4. The zero-order valence-corrected chi connectivity index (χ0v) is 17.2. The van der Waals surface area contributed by atoms with Gasteiger partial charge in [0.05, 0.1) is 0 Å². The van der Waals surface area contributed by atoms with Gasteiger partial charge in [0.25, 0.3) is 0 Å². The molecule has 2 aromatic carbocycles. The number of nitrogens with zero attached hydrogens (tertiary/aromatic N) is 5. The van der Waals surface area contributed by atoms with E-state index >= 15 is 0 Å². The molecule has 0 bridgehead atoms. The minimum Gasteiger partial charge on any atom is -0.437 e. The third-order valence-corrected chi connectivity index (χ3v) is 5.08. The summed E-state index contributed by atoms with van der Waals surface area (Å²) in [6, 6.07) is 20.1. The van der Waals surface area contributed by atoms with Crippen molar-refractivity contribution in [1.82, 2.24) is 24.7 Å². The summed E-state index contributed by atoms with van der Waals surface area (Å²) in [7, 11) is 0. The summed E-state index contributed by atoms with van der Waals surface area (Å²) in [6.07, 6.45) is 0. The van der Waals surface area contributed by atoms with Gasteiger partial charge in [0.2, 0.25) is 11.2 Å². The zero-order chi connectivity index (χ0) is 20.2. The van der Waals surface area contributed by atoms with E-state index in [-0.39, 0.29) is 5.28 Å². The van der Waals surface area contributed by atoms with Crippen molar-refractivity contribution in [2.45, 2.75) is 20.4 Å². The fraction of sp³-hybridized carbons (Fsp3) is 0.227. The molecule has 0 aliphatic rings. The highest BCUT2D eigenvalue weighted by Crippen LogP contribution is 2.34. The Morgan fingerprint density at radius 3 is 2.52 bits per heavy atom. The van der Waals surface area contributed by atoms with E-state index < -0.39 is 0 Å². The number of halogens is 1. The smallest absolute Gasteiger partial charge is 0.246 e. The predicted octanol–water partition coefficient (Wildman–Crippen LogP) is 5.08. The van der Waals surface area contributed by atoms with Crippen molar-refractivity contribution >= 4 is 17.2 Å². The van der Waals surface area contributed by atoms with Crippen LogP contribution in [-0.2, 0) is 6.54 Å². The van der Waals surface area contributed by atoms with Crippen LogP contribution in [-0.4, -0.2) is 37.8 Å². The van der Waals surface area contributed by atoms with Gasteiger partial charge in [-0.05, 0) is 48.0 Å². The normalized spacial score (nSPS) is 11.3. The first-order valence-electron chi connectivity index (χ1n) is 9.64. The van der Waals surface area contributed by atoms with Crippen molar-refractivity contribution in [1.29, 1.82) is 0 Å². The highest BCUT2D eigenvalue weighted by atomic mass is 35.5. The van der Waals surface area contributed by atoms with Gasteiger partial charge in [-0.15, -0.1) is 15.3 Å². The van der Waals surface area contributed by atoms with Crippen LogP contribution in [0.15, 0.2) is 60.7 Å². The van der Waals surface area contributed by atoms with Crippen molar-refractivity contribution in [3.8, 4) is 22.8 Å². The van der Waals surface area contributed by atoms with Gasteiger partial charge >= 0.3 is 0 Å². The van der Waals surface area contributed by atoms with Gasteiger partial charge in [-0.3, -0.25) is 4.90 Å². The lowest BCUT2D eigenvalue weighted by Crippen LogP contribution is -2.22. The highest BCUT2D eigenvalue weighted by Gasteiger charge is 2.13. The molecule has 2 heterocycles. The second-order valence-electron chi connectivity index (χ2n) is 6.67. The molecule has 0 aliphatic heterocycles. The number of hydrogen-bond donors (Lipinski definition) is 0. The molecule has 4 rings (SSSR count). The number of rotatable bonds is 7. The summed E-state index contributed by atoms with van der Waals surface area (Å²) in [5.41, 5.74) is 3.85. The van der Waals surface area contributed by atoms with Gasteiger partial charge in [0.1, 0.15) is 5.75 Å². The van der Waals surface area contributed by atoms with Gasteiger partial charge in [-0.1, -0.05) is 56.3 Å². The molecule has 7 heteroatoms. The van der Waals surface area contributed by atoms with Crippen molar-refractivity contribution in [2.75, 3.05) is 13.1 Å². The molecule has 0 amide bonds. The Balaban J connectivity index is 1.73. The summed E-state index contributed by atoms with van der Waals surface area (Å²) >= 11 is 6.05. The van der Waals surface area contributed by atoms with E-state index in [0.29, 0.717) is 11.5 Å². The number of benzene rings is 2. The molecule has 0 fully saturated rings. The van der Waals surface area contributed by atoms with E-state index in [1.54, 1.807) is 12.1 Å². The van der Waals surface area contributed by atoms with E-state index in [0.717, 1.165) is 36.5 Å². The largest absolute Gasteiger partial charge is 0.437 e. The molecule has 0 saturated carbocycles. The lowest BCUT2D eigenvalue weighted by molar-refractivity contribution is 0.295. The predicted molar refractivity (Wildman–Crippen MR) is 114 cm³/mol. The van der Waals surface area contributed by atoms with Crippen LogP contribution in [0.1, 0.15) is 19.4 Å². The molecule has 0 aliphatic carbocycles. The molecule has 4 aromatic rings. The van der Waals surface area contributed by atoms with Gasteiger partial charge < -0.3 is 4.74 Å². The lowest BCUT2D eigenvalue weighted by atomic mass is 10.0. The Morgan fingerprint density at radius 2 is 1.76 bits per heavy atom. The van der Waals surface area contributed by atoms with Gasteiger partial charge in [-0.2, -0.15) is 4.52 Å². The summed E-state index contributed by atoms with van der Waals surface area (Å²) < 4.78 is 7.68. The average Bonchev–Trinajstić information content (AvgIpc) is 3.13. The second kappa shape index (κ2) is 8.59. The van der Waals surface area contributed by atoms with Crippen molar-refractivity contribution < 1.29 is 4.74 Å². The van der Waals surface area contributed by atoms with Crippen LogP contribution < -0.4 is 4.74 Å². The maximum Gasteiger partial charge on any atom is 0.246 e. The van der Waals surface area contributed by atoms with E-state index in [9.17, 15) is 0 Å². The first-order valence-corrected chi connectivity index (χ1v) is 10.0. The molecule has 0 spiro atoms. The topological polar surface area (TPSA) is 55.5 Å². The molecule has 0 unspecified atom stereocenters. The van der Waals surface area contributed by atoms with E-state index in [1.165, 1.54) is 10.1 Å². The fourth-order valence-corrected chi connectivity index (χ4v) is 3.39. The molecule has 0 atom stereocenters. The standard InChI is InChI=1S/C22H22ClN5O/c1-3-27(4-2)15-16-10-11-18(17-8-6-5-7-9-17)19(14-16)29-21-13-12-20-24-25-22(23)28(20)26-21/h5-14H,3-4,15H2,1-2H3. The minimum absolute atomic E-state index is 0.198. The van der Waals surface area contributed by atoms with Crippen molar-refractivity contribution in [2.24, 2.45) is 0 Å². The molecule has 0 radical (unpaired) electrons. The third-order valence-electron chi connectivity index (χ3n) is 4.85. The number of fused-ring (bicyclic) bond motifs is 1. The Labute approximate surface area is 174 Å². The number of aromatic nitrogens is 4. The SMILES string of the molecule is CCN(CC)Cc1ccc(-c2ccccc2)c(Oc2ccc3nnc(Cl)n3n2)c1. The van der Waals surface area contributed by atoms with Gasteiger partial charge in [0.15, 0.2) is 5.65 Å². The van der Waals surface area contributed by atoms with Crippen LogP contribution in [0.5, 0.6) is 11.6 Å². The van der Waals surface area contributed by atoms with E-state index in [4.69, 9.17) is 16.3 Å². The van der Waals surface area contributed by atoms with Crippen molar-refractivity contribution in [3.63, 3.8) is 0 Å². The van der Waals surface area contributed by atoms with Crippen molar-refractivity contribution in [3.05, 3.63) is 71.5 Å². The number of ether oxygens (including phenoxy) is 1.